The Morgan fingerprint density at radius 3 is 3.20 bits per heavy atom. The van der Waals surface area contributed by atoms with Gasteiger partial charge < -0.3 is 5.32 Å². The molecule has 2 heteroatoms. The minimum atomic E-state index is -0.00870. The normalized spacial score (nSPS) is 17.7. The largest absolute Gasteiger partial charge is 0.329 e. The molecule has 1 aliphatic rings. The van der Waals surface area contributed by atoms with Gasteiger partial charge >= 0.3 is 0 Å². The van der Waals surface area contributed by atoms with Gasteiger partial charge in [-0.2, -0.15) is 0 Å². The molecule has 0 aromatic heterocycles. The number of allylic oxidation sites excluding steroid dienone is 2. The molecule has 1 aliphatic heterocycles. The van der Waals surface area contributed by atoms with E-state index in [2.05, 4.69) is 12.2 Å². The zero-order valence-corrected chi connectivity index (χ0v) is 6.05. The molecule has 0 fully saturated rings. The highest BCUT2D eigenvalue weighted by atomic mass is 16.1. The number of carbonyl (C=O) groups is 1. The van der Waals surface area contributed by atoms with Crippen molar-refractivity contribution in [1.29, 1.82) is 0 Å². The molecule has 0 aliphatic carbocycles. The smallest absolute Gasteiger partial charge is 0.247 e. The third-order valence-electron chi connectivity index (χ3n) is 1.51. The predicted octanol–water partition coefficient (Wildman–Crippen LogP) is 1.36. The summed E-state index contributed by atoms with van der Waals surface area (Å²) in [5.74, 6) is -0.00870. The topological polar surface area (TPSA) is 29.1 Å². The molecule has 1 amide bonds. The van der Waals surface area contributed by atoms with Crippen LogP contribution in [0.3, 0.4) is 0 Å². The fraction of sp³-hybridized carbons (Fsp3) is 0.375. The lowest BCUT2D eigenvalue weighted by Crippen LogP contribution is -2.12. The molecule has 1 heterocycles. The van der Waals surface area contributed by atoms with Crippen LogP contribution in [0.1, 0.15) is 19.8 Å². The summed E-state index contributed by atoms with van der Waals surface area (Å²) in [6, 6.07) is 0. The van der Waals surface area contributed by atoms with E-state index in [1.165, 1.54) is 5.57 Å². The number of carbonyl (C=O) groups excluding carboxylic acids is 1. The number of nitrogens with one attached hydrogen (secondary N) is 1. The molecule has 0 aromatic carbocycles. The van der Waals surface area contributed by atoms with Crippen molar-refractivity contribution in [2.24, 2.45) is 0 Å². The number of hydrogen-bond acceptors (Lipinski definition) is 1. The van der Waals surface area contributed by atoms with Gasteiger partial charge in [-0.1, -0.05) is 18.6 Å². The lowest BCUT2D eigenvalue weighted by atomic mass is 10.1. The molecule has 0 aromatic rings. The molecule has 1 N–H and O–H groups in total. The van der Waals surface area contributed by atoms with Crippen molar-refractivity contribution < 1.29 is 4.79 Å². The quantitative estimate of drug-likeness (QED) is 0.580. The highest BCUT2D eigenvalue weighted by Gasteiger charge is 1.99. The zero-order valence-electron chi connectivity index (χ0n) is 6.05. The van der Waals surface area contributed by atoms with E-state index >= 15 is 0 Å². The summed E-state index contributed by atoms with van der Waals surface area (Å²) in [5.41, 5.74) is 1.19. The minimum absolute atomic E-state index is 0.00870. The summed E-state index contributed by atoms with van der Waals surface area (Å²) in [7, 11) is 0. The number of amides is 1. The fourth-order valence-corrected chi connectivity index (χ4v) is 0.884. The summed E-state index contributed by atoms with van der Waals surface area (Å²) < 4.78 is 0. The summed E-state index contributed by atoms with van der Waals surface area (Å²) in [4.78, 5) is 10.8. The first-order valence-corrected chi connectivity index (χ1v) is 3.48. The van der Waals surface area contributed by atoms with Crippen LogP contribution in [0.2, 0.25) is 0 Å². The van der Waals surface area contributed by atoms with E-state index in [0.29, 0.717) is 0 Å². The van der Waals surface area contributed by atoms with E-state index in [1.54, 1.807) is 12.3 Å². The van der Waals surface area contributed by atoms with Crippen molar-refractivity contribution in [1.82, 2.24) is 5.32 Å². The lowest BCUT2D eigenvalue weighted by molar-refractivity contribution is -0.115. The van der Waals surface area contributed by atoms with E-state index < -0.39 is 0 Å². The van der Waals surface area contributed by atoms with Crippen molar-refractivity contribution in [2.75, 3.05) is 0 Å². The lowest BCUT2D eigenvalue weighted by Gasteiger charge is -1.94. The maximum Gasteiger partial charge on any atom is 0.247 e. The summed E-state index contributed by atoms with van der Waals surface area (Å²) in [6.45, 7) is 2.05. The number of rotatable bonds is 1. The van der Waals surface area contributed by atoms with Crippen LogP contribution in [0, 0.1) is 0 Å². The Morgan fingerprint density at radius 2 is 2.50 bits per heavy atom. The molecular weight excluding hydrogens is 126 g/mol. The van der Waals surface area contributed by atoms with Crippen LogP contribution in [-0.2, 0) is 4.79 Å². The molecular formula is C8H11NO. The van der Waals surface area contributed by atoms with Gasteiger partial charge in [-0.3, -0.25) is 4.79 Å². The molecule has 0 saturated heterocycles. The average molecular weight is 137 g/mol. The third kappa shape index (κ3) is 1.72. The van der Waals surface area contributed by atoms with Crippen LogP contribution in [0.4, 0.5) is 0 Å². The van der Waals surface area contributed by atoms with Crippen molar-refractivity contribution in [3.05, 3.63) is 23.9 Å². The predicted molar refractivity (Wildman–Crippen MR) is 40.3 cm³/mol. The third-order valence-corrected chi connectivity index (χ3v) is 1.51. The van der Waals surface area contributed by atoms with E-state index in [4.69, 9.17) is 0 Å². The first-order chi connectivity index (χ1) is 4.83. The van der Waals surface area contributed by atoms with Crippen LogP contribution in [0.5, 0.6) is 0 Å². The van der Waals surface area contributed by atoms with Crippen LogP contribution in [0.15, 0.2) is 23.9 Å². The van der Waals surface area contributed by atoms with E-state index in [0.717, 1.165) is 12.8 Å². The molecule has 0 spiro atoms. The zero-order chi connectivity index (χ0) is 7.40. The first-order valence-electron chi connectivity index (χ1n) is 3.48. The average Bonchev–Trinajstić information content (AvgIpc) is 2.13. The second-order valence-corrected chi connectivity index (χ2v) is 2.27. The van der Waals surface area contributed by atoms with Crippen molar-refractivity contribution >= 4 is 5.91 Å². The van der Waals surface area contributed by atoms with E-state index in [1.807, 2.05) is 6.08 Å². The second-order valence-electron chi connectivity index (χ2n) is 2.27. The highest BCUT2D eigenvalue weighted by Crippen LogP contribution is 2.08. The van der Waals surface area contributed by atoms with Crippen LogP contribution in [-0.4, -0.2) is 5.91 Å². The summed E-state index contributed by atoms with van der Waals surface area (Å²) in [5, 5.41) is 2.61. The summed E-state index contributed by atoms with van der Waals surface area (Å²) in [6.07, 6.45) is 7.18. The fourth-order valence-electron chi connectivity index (χ4n) is 0.884. The molecule has 2 nitrogen and oxygen atoms in total. The molecule has 0 radical (unpaired) electrons. The maximum absolute atomic E-state index is 10.8. The van der Waals surface area contributed by atoms with E-state index in [-0.39, 0.29) is 5.91 Å². The van der Waals surface area contributed by atoms with Gasteiger partial charge in [0.05, 0.1) is 0 Å². The Balaban J connectivity index is 2.70. The Hall–Kier alpha value is -1.05. The standard InChI is InChI=1S/C8H11NO/c1-2-7-4-3-5-9-8(10)6-7/h3,5-6H,2,4H2,1H3,(H,9,10). The molecule has 1 rings (SSSR count). The first kappa shape index (κ1) is 7.06. The molecule has 0 bridgehead atoms. The van der Waals surface area contributed by atoms with Gasteiger partial charge in [0.2, 0.25) is 5.91 Å². The highest BCUT2D eigenvalue weighted by molar-refractivity contribution is 5.89. The van der Waals surface area contributed by atoms with Gasteiger partial charge in [-0.25, -0.2) is 0 Å². The van der Waals surface area contributed by atoms with Gasteiger partial charge in [-0.05, 0) is 12.8 Å². The van der Waals surface area contributed by atoms with Crippen LogP contribution >= 0.6 is 0 Å². The SMILES string of the molecule is CCC1=CC(=O)NC=CC1. The van der Waals surface area contributed by atoms with Crippen LogP contribution < -0.4 is 5.32 Å². The summed E-state index contributed by atoms with van der Waals surface area (Å²) >= 11 is 0. The molecule has 54 valence electrons. The van der Waals surface area contributed by atoms with E-state index in [9.17, 15) is 4.79 Å². The monoisotopic (exact) mass is 137 g/mol. The molecule has 10 heavy (non-hydrogen) atoms. The van der Waals surface area contributed by atoms with Crippen LogP contribution in [0.25, 0.3) is 0 Å². The molecule has 0 unspecified atom stereocenters. The Labute approximate surface area is 60.6 Å². The van der Waals surface area contributed by atoms with Gasteiger partial charge in [0.15, 0.2) is 0 Å². The van der Waals surface area contributed by atoms with Gasteiger partial charge in [0.25, 0.3) is 0 Å². The van der Waals surface area contributed by atoms with Crippen molar-refractivity contribution in [3.8, 4) is 0 Å². The minimum Gasteiger partial charge on any atom is -0.329 e. The molecule has 0 atom stereocenters. The van der Waals surface area contributed by atoms with Gasteiger partial charge in [-0.15, -0.1) is 0 Å². The Bertz CT molecular complexity index is 191. The molecule has 0 saturated carbocycles. The van der Waals surface area contributed by atoms with Gasteiger partial charge in [0, 0.05) is 12.3 Å². The van der Waals surface area contributed by atoms with Gasteiger partial charge in [0.1, 0.15) is 0 Å². The Kier molecular flexibility index (Phi) is 2.26. The number of hydrogen-bond donors (Lipinski definition) is 1. The van der Waals surface area contributed by atoms with Crippen molar-refractivity contribution in [2.45, 2.75) is 19.8 Å². The van der Waals surface area contributed by atoms with Crippen molar-refractivity contribution in [3.63, 3.8) is 0 Å². The Morgan fingerprint density at radius 1 is 1.70 bits per heavy atom. The second kappa shape index (κ2) is 3.20. The maximum atomic E-state index is 10.8.